The minimum Gasteiger partial charge on any atom is -0.397 e. The van der Waals surface area contributed by atoms with Crippen molar-refractivity contribution >= 4 is 11.5 Å². The second kappa shape index (κ2) is 6.09. The van der Waals surface area contributed by atoms with Crippen molar-refractivity contribution in [3.05, 3.63) is 90.1 Å². The minimum absolute atomic E-state index is 0.0588. The molecule has 0 spiro atoms. The largest absolute Gasteiger partial charge is 0.397 e. The third-order valence-electron chi connectivity index (χ3n) is 3.34. The number of nitrogens with one attached hydrogen (secondary N) is 1. The van der Waals surface area contributed by atoms with Crippen molar-refractivity contribution in [2.24, 2.45) is 0 Å². The molecule has 3 heteroatoms. The number of hydrogen-bond donors (Lipinski definition) is 2. The summed E-state index contributed by atoms with van der Waals surface area (Å²) in [5.74, 6) is 0.807. The Morgan fingerprint density at radius 3 is 1.81 bits per heavy atom. The molecule has 0 aliphatic heterocycles. The molecule has 3 rings (SSSR count). The normalized spacial score (nSPS) is 10.5. The van der Waals surface area contributed by atoms with E-state index in [9.17, 15) is 0 Å². The van der Waals surface area contributed by atoms with Crippen molar-refractivity contribution in [2.75, 3.05) is 11.1 Å². The average molecular weight is 275 g/mol. The van der Waals surface area contributed by atoms with E-state index in [4.69, 9.17) is 5.73 Å². The Bertz CT molecular complexity index is 639. The van der Waals surface area contributed by atoms with Crippen molar-refractivity contribution in [1.29, 1.82) is 0 Å². The molecule has 0 amide bonds. The summed E-state index contributed by atoms with van der Waals surface area (Å²) in [6, 6.07) is 24.5. The zero-order valence-electron chi connectivity index (χ0n) is 11.6. The molecule has 3 aromatic rings. The maximum atomic E-state index is 5.69. The smallest absolute Gasteiger partial charge is 0.126 e. The van der Waals surface area contributed by atoms with E-state index in [0.717, 1.165) is 5.82 Å². The number of rotatable bonds is 4. The van der Waals surface area contributed by atoms with Gasteiger partial charge in [0.15, 0.2) is 0 Å². The van der Waals surface area contributed by atoms with E-state index in [0.29, 0.717) is 5.69 Å². The van der Waals surface area contributed by atoms with Crippen LogP contribution in [-0.4, -0.2) is 4.98 Å². The number of anilines is 2. The average Bonchev–Trinajstić information content (AvgIpc) is 2.56. The summed E-state index contributed by atoms with van der Waals surface area (Å²) in [7, 11) is 0. The summed E-state index contributed by atoms with van der Waals surface area (Å²) < 4.78 is 0. The summed E-state index contributed by atoms with van der Waals surface area (Å²) >= 11 is 0. The quantitative estimate of drug-likeness (QED) is 0.760. The van der Waals surface area contributed by atoms with Crippen LogP contribution in [0.1, 0.15) is 17.2 Å². The fraction of sp³-hybridized carbons (Fsp3) is 0.0556. The number of pyridine rings is 1. The fourth-order valence-electron chi connectivity index (χ4n) is 2.29. The molecular formula is C18H17N3. The van der Waals surface area contributed by atoms with E-state index >= 15 is 0 Å². The van der Waals surface area contributed by atoms with Gasteiger partial charge in [0.05, 0.1) is 17.9 Å². The van der Waals surface area contributed by atoms with Gasteiger partial charge in [-0.05, 0) is 23.3 Å². The van der Waals surface area contributed by atoms with Crippen LogP contribution in [-0.2, 0) is 0 Å². The number of benzene rings is 2. The number of nitrogens with zero attached hydrogens (tertiary/aromatic N) is 1. The topological polar surface area (TPSA) is 50.9 Å². The predicted octanol–water partition coefficient (Wildman–Crippen LogP) is 3.87. The SMILES string of the molecule is Nc1ccc(NC(c2ccccc2)c2ccccc2)nc1. The minimum atomic E-state index is 0.0588. The van der Waals surface area contributed by atoms with Crippen LogP contribution in [0.15, 0.2) is 79.0 Å². The Kier molecular flexibility index (Phi) is 3.83. The van der Waals surface area contributed by atoms with Crippen LogP contribution in [0.5, 0.6) is 0 Å². The highest BCUT2D eigenvalue weighted by Crippen LogP contribution is 2.25. The Hall–Kier alpha value is -2.81. The molecule has 3 nitrogen and oxygen atoms in total. The summed E-state index contributed by atoms with van der Waals surface area (Å²) in [6.07, 6.45) is 1.66. The molecule has 0 radical (unpaired) electrons. The molecule has 21 heavy (non-hydrogen) atoms. The van der Waals surface area contributed by atoms with Crippen molar-refractivity contribution in [3.8, 4) is 0 Å². The highest BCUT2D eigenvalue weighted by atomic mass is 15.0. The monoisotopic (exact) mass is 275 g/mol. The first-order chi connectivity index (χ1) is 10.3. The molecule has 0 saturated carbocycles. The van der Waals surface area contributed by atoms with Crippen LogP contribution in [0.3, 0.4) is 0 Å². The lowest BCUT2D eigenvalue weighted by atomic mass is 9.99. The first-order valence-corrected chi connectivity index (χ1v) is 6.91. The first kappa shape index (κ1) is 13.2. The van der Waals surface area contributed by atoms with Crippen LogP contribution in [0.2, 0.25) is 0 Å². The van der Waals surface area contributed by atoms with E-state index < -0.39 is 0 Å². The van der Waals surface area contributed by atoms with E-state index in [1.165, 1.54) is 11.1 Å². The Morgan fingerprint density at radius 1 is 0.762 bits per heavy atom. The van der Waals surface area contributed by atoms with Gasteiger partial charge in [0.25, 0.3) is 0 Å². The molecule has 0 atom stereocenters. The van der Waals surface area contributed by atoms with Crippen LogP contribution in [0, 0.1) is 0 Å². The summed E-state index contributed by atoms with van der Waals surface area (Å²) in [6.45, 7) is 0. The molecule has 3 N–H and O–H groups in total. The fourth-order valence-corrected chi connectivity index (χ4v) is 2.29. The van der Waals surface area contributed by atoms with Gasteiger partial charge in [-0.2, -0.15) is 0 Å². The highest BCUT2D eigenvalue weighted by molar-refractivity contribution is 5.48. The Labute approximate surface area is 124 Å². The van der Waals surface area contributed by atoms with Gasteiger partial charge in [0.1, 0.15) is 5.82 Å². The molecule has 2 aromatic carbocycles. The van der Waals surface area contributed by atoms with Gasteiger partial charge in [-0.1, -0.05) is 60.7 Å². The third kappa shape index (κ3) is 3.20. The van der Waals surface area contributed by atoms with E-state index in [-0.39, 0.29) is 6.04 Å². The van der Waals surface area contributed by atoms with Crippen LogP contribution in [0.25, 0.3) is 0 Å². The molecule has 0 aliphatic rings. The van der Waals surface area contributed by atoms with E-state index in [1.54, 1.807) is 6.20 Å². The van der Waals surface area contributed by atoms with Crippen molar-refractivity contribution < 1.29 is 0 Å². The maximum absolute atomic E-state index is 5.69. The summed E-state index contributed by atoms with van der Waals surface area (Å²) in [5.41, 5.74) is 8.75. The van der Waals surface area contributed by atoms with Gasteiger partial charge >= 0.3 is 0 Å². The zero-order chi connectivity index (χ0) is 14.5. The predicted molar refractivity (Wildman–Crippen MR) is 87.0 cm³/mol. The van der Waals surface area contributed by atoms with Crippen LogP contribution in [0.4, 0.5) is 11.5 Å². The lowest BCUT2D eigenvalue weighted by molar-refractivity contribution is 0.927. The first-order valence-electron chi connectivity index (χ1n) is 6.91. The summed E-state index contributed by atoms with van der Waals surface area (Å²) in [5, 5.41) is 3.47. The van der Waals surface area contributed by atoms with Gasteiger partial charge < -0.3 is 11.1 Å². The molecule has 0 unspecified atom stereocenters. The number of hydrogen-bond acceptors (Lipinski definition) is 3. The molecule has 0 bridgehead atoms. The third-order valence-corrected chi connectivity index (χ3v) is 3.34. The number of nitrogens with two attached hydrogens (primary N) is 1. The Morgan fingerprint density at radius 2 is 1.33 bits per heavy atom. The van der Waals surface area contributed by atoms with Gasteiger partial charge in [0, 0.05) is 0 Å². The molecule has 0 saturated heterocycles. The zero-order valence-corrected chi connectivity index (χ0v) is 11.6. The van der Waals surface area contributed by atoms with Gasteiger partial charge in [-0.3, -0.25) is 0 Å². The van der Waals surface area contributed by atoms with Gasteiger partial charge in [-0.15, -0.1) is 0 Å². The lowest BCUT2D eigenvalue weighted by Gasteiger charge is -2.20. The highest BCUT2D eigenvalue weighted by Gasteiger charge is 2.13. The molecule has 0 aliphatic carbocycles. The summed E-state index contributed by atoms with van der Waals surface area (Å²) in [4.78, 5) is 4.33. The Balaban J connectivity index is 1.95. The molecule has 104 valence electrons. The number of aromatic nitrogens is 1. The van der Waals surface area contributed by atoms with Crippen molar-refractivity contribution in [2.45, 2.75) is 6.04 Å². The van der Waals surface area contributed by atoms with Gasteiger partial charge in [0.2, 0.25) is 0 Å². The number of nitrogen functional groups attached to an aromatic ring is 1. The standard InChI is InChI=1S/C18H17N3/c19-16-11-12-17(20-13-16)21-18(14-7-3-1-4-8-14)15-9-5-2-6-10-15/h1-13,18H,19H2,(H,20,21). The molecule has 1 aromatic heterocycles. The van der Waals surface area contributed by atoms with Crippen LogP contribution < -0.4 is 11.1 Å². The lowest BCUT2D eigenvalue weighted by Crippen LogP contribution is -2.13. The van der Waals surface area contributed by atoms with Gasteiger partial charge in [-0.25, -0.2) is 4.98 Å². The molecule has 0 fully saturated rings. The van der Waals surface area contributed by atoms with Crippen molar-refractivity contribution in [1.82, 2.24) is 4.98 Å². The maximum Gasteiger partial charge on any atom is 0.126 e. The van der Waals surface area contributed by atoms with Crippen molar-refractivity contribution in [3.63, 3.8) is 0 Å². The van der Waals surface area contributed by atoms with E-state index in [1.807, 2.05) is 48.5 Å². The second-order valence-electron chi connectivity index (χ2n) is 4.88. The second-order valence-corrected chi connectivity index (χ2v) is 4.88. The van der Waals surface area contributed by atoms with E-state index in [2.05, 4.69) is 34.6 Å². The molecule has 1 heterocycles. The molecular weight excluding hydrogens is 258 g/mol. The van der Waals surface area contributed by atoms with Crippen LogP contribution >= 0.6 is 0 Å².